The number of nitrogens with zero attached hydrogens (tertiary/aromatic N) is 3. The molecular formula is C25H25F4N5O2. The Labute approximate surface area is 204 Å². The molecule has 2 fully saturated rings. The van der Waals surface area contributed by atoms with E-state index in [-0.39, 0.29) is 28.4 Å². The second-order valence-electron chi connectivity index (χ2n) is 9.20. The number of carbonyl (C=O) groups is 1. The molecule has 0 radical (unpaired) electrons. The lowest BCUT2D eigenvalue weighted by atomic mass is 10.1. The number of H-pyrrole nitrogens is 1. The van der Waals surface area contributed by atoms with Gasteiger partial charge in [0.1, 0.15) is 5.69 Å². The van der Waals surface area contributed by atoms with Crippen LogP contribution in [0.2, 0.25) is 0 Å². The van der Waals surface area contributed by atoms with E-state index in [1.807, 2.05) is 16.3 Å². The van der Waals surface area contributed by atoms with Gasteiger partial charge in [-0.2, -0.15) is 4.39 Å². The molecule has 7 nitrogen and oxygen atoms in total. The van der Waals surface area contributed by atoms with Gasteiger partial charge in [-0.25, -0.2) is 18.2 Å². The van der Waals surface area contributed by atoms with Crippen LogP contribution < -0.4 is 15.8 Å². The van der Waals surface area contributed by atoms with Crippen LogP contribution in [0.4, 0.5) is 23.2 Å². The predicted molar refractivity (Wildman–Crippen MR) is 127 cm³/mol. The smallest absolute Gasteiger partial charge is 0.270 e. The average Bonchev–Trinajstić information content (AvgIpc) is 3.70. The van der Waals surface area contributed by atoms with Gasteiger partial charge in [-0.3, -0.25) is 14.5 Å². The number of hydrogen-bond donors (Lipinski definition) is 2. The number of rotatable bonds is 7. The normalized spacial score (nSPS) is 16.6. The fourth-order valence-electron chi connectivity index (χ4n) is 4.56. The Balaban J connectivity index is 1.22. The van der Waals surface area contributed by atoms with Crippen molar-refractivity contribution in [3.8, 4) is 0 Å². The van der Waals surface area contributed by atoms with E-state index >= 15 is 4.39 Å². The van der Waals surface area contributed by atoms with E-state index in [0.717, 1.165) is 12.8 Å². The van der Waals surface area contributed by atoms with Crippen molar-refractivity contribution in [3.63, 3.8) is 0 Å². The van der Waals surface area contributed by atoms with E-state index < -0.39 is 30.6 Å². The van der Waals surface area contributed by atoms with Gasteiger partial charge in [0.25, 0.3) is 17.9 Å². The molecule has 190 valence electrons. The molecule has 3 heterocycles. The van der Waals surface area contributed by atoms with Gasteiger partial charge >= 0.3 is 0 Å². The van der Waals surface area contributed by atoms with Crippen molar-refractivity contribution in [2.45, 2.75) is 31.7 Å². The first-order valence-corrected chi connectivity index (χ1v) is 11.8. The summed E-state index contributed by atoms with van der Waals surface area (Å²) in [6, 6.07) is 8.05. The summed E-state index contributed by atoms with van der Waals surface area (Å²) >= 11 is 0. The zero-order chi connectivity index (χ0) is 25.4. The number of alkyl halides is 2. The third kappa shape index (κ3) is 5.06. The Kier molecular flexibility index (Phi) is 6.65. The Hall–Kier alpha value is -3.47. The van der Waals surface area contributed by atoms with Crippen LogP contribution in [0.5, 0.6) is 0 Å². The van der Waals surface area contributed by atoms with E-state index in [1.165, 1.54) is 12.1 Å². The SMILES string of the molecule is O=C(NCC(F)F)c1ccc(N2CCN(Cc3ccc4cc(C5CC5)c(=O)[nH]c4c3F)CC2)c(F)n1. The van der Waals surface area contributed by atoms with Crippen LogP contribution in [0.3, 0.4) is 0 Å². The van der Waals surface area contributed by atoms with Crippen LogP contribution in [0.1, 0.15) is 40.4 Å². The van der Waals surface area contributed by atoms with Crippen molar-refractivity contribution in [2.24, 2.45) is 0 Å². The highest BCUT2D eigenvalue weighted by atomic mass is 19.3. The number of nitrogens with one attached hydrogen (secondary N) is 2. The number of benzene rings is 1. The number of hydrogen-bond acceptors (Lipinski definition) is 5. The van der Waals surface area contributed by atoms with E-state index in [0.29, 0.717) is 49.2 Å². The molecule has 0 spiro atoms. The lowest BCUT2D eigenvalue weighted by Gasteiger charge is -2.36. The number of aromatic nitrogens is 2. The van der Waals surface area contributed by atoms with E-state index in [2.05, 4.69) is 9.97 Å². The molecule has 1 amide bonds. The molecule has 0 atom stereocenters. The van der Waals surface area contributed by atoms with E-state index in [1.54, 1.807) is 17.0 Å². The van der Waals surface area contributed by atoms with Gasteiger partial charge in [0, 0.05) is 49.2 Å². The largest absolute Gasteiger partial charge is 0.365 e. The highest BCUT2D eigenvalue weighted by Crippen LogP contribution is 2.39. The molecule has 2 aromatic heterocycles. The minimum atomic E-state index is -2.71. The molecule has 1 saturated heterocycles. The summed E-state index contributed by atoms with van der Waals surface area (Å²) in [4.78, 5) is 34.3. The second-order valence-corrected chi connectivity index (χ2v) is 9.20. The number of anilines is 1. The summed E-state index contributed by atoms with van der Waals surface area (Å²) < 4.78 is 54.3. The van der Waals surface area contributed by atoms with Gasteiger partial charge in [0.15, 0.2) is 5.82 Å². The average molecular weight is 504 g/mol. The minimum absolute atomic E-state index is 0.209. The van der Waals surface area contributed by atoms with Crippen molar-refractivity contribution < 1.29 is 22.4 Å². The van der Waals surface area contributed by atoms with Crippen molar-refractivity contribution in [1.82, 2.24) is 20.2 Å². The van der Waals surface area contributed by atoms with Gasteiger partial charge in [0.05, 0.1) is 17.7 Å². The van der Waals surface area contributed by atoms with Crippen molar-refractivity contribution in [3.05, 3.63) is 69.3 Å². The maximum Gasteiger partial charge on any atom is 0.270 e. The van der Waals surface area contributed by atoms with Crippen LogP contribution in [-0.2, 0) is 6.54 Å². The van der Waals surface area contributed by atoms with Gasteiger partial charge in [0.2, 0.25) is 5.95 Å². The second kappa shape index (κ2) is 9.88. The Morgan fingerprint density at radius 2 is 1.86 bits per heavy atom. The molecule has 11 heteroatoms. The van der Waals surface area contributed by atoms with Crippen molar-refractivity contribution in [1.29, 1.82) is 0 Å². The summed E-state index contributed by atoms with van der Waals surface area (Å²) in [5.74, 6) is -1.89. The Morgan fingerprint density at radius 1 is 1.11 bits per heavy atom. The third-order valence-electron chi connectivity index (χ3n) is 6.67. The van der Waals surface area contributed by atoms with E-state index in [4.69, 9.17) is 0 Å². The third-order valence-corrected chi connectivity index (χ3v) is 6.67. The van der Waals surface area contributed by atoms with E-state index in [9.17, 15) is 22.8 Å². The Bertz CT molecular complexity index is 1350. The topological polar surface area (TPSA) is 81.3 Å². The quantitative estimate of drug-likeness (QED) is 0.382. The summed E-state index contributed by atoms with van der Waals surface area (Å²) in [6.45, 7) is 1.47. The maximum absolute atomic E-state index is 15.2. The predicted octanol–water partition coefficient (Wildman–Crippen LogP) is 3.40. The molecule has 1 aromatic carbocycles. The molecular weight excluding hydrogens is 478 g/mol. The van der Waals surface area contributed by atoms with Crippen LogP contribution in [0.25, 0.3) is 10.9 Å². The minimum Gasteiger partial charge on any atom is -0.365 e. The van der Waals surface area contributed by atoms with Crippen molar-refractivity contribution >= 4 is 22.5 Å². The zero-order valence-electron chi connectivity index (χ0n) is 19.4. The number of amides is 1. The maximum atomic E-state index is 15.2. The fourth-order valence-corrected chi connectivity index (χ4v) is 4.56. The van der Waals surface area contributed by atoms with Crippen LogP contribution in [0.15, 0.2) is 35.1 Å². The number of carbonyl (C=O) groups excluding carboxylic acids is 1. The standard InChI is InChI=1S/C25H25F4N5O2/c26-20(27)12-30-25(36)18-5-6-19(23(29)31-18)34-9-7-33(8-10-34)13-16-4-3-15-11-17(14-1-2-14)24(35)32-22(15)21(16)28/h3-6,11,14,20H,1-2,7-10,12-13H2,(H,30,36)(H,32,35). The first kappa shape index (κ1) is 24.2. The molecule has 36 heavy (non-hydrogen) atoms. The molecule has 2 aliphatic rings. The molecule has 1 aliphatic carbocycles. The molecule has 2 N–H and O–H groups in total. The van der Waals surface area contributed by atoms with Gasteiger partial charge in [-0.15, -0.1) is 0 Å². The van der Waals surface area contributed by atoms with Gasteiger partial charge < -0.3 is 15.2 Å². The zero-order valence-corrected chi connectivity index (χ0v) is 19.4. The fraction of sp³-hybridized carbons (Fsp3) is 0.400. The number of fused-ring (bicyclic) bond motifs is 1. The summed E-state index contributed by atoms with van der Waals surface area (Å²) in [7, 11) is 0. The summed E-state index contributed by atoms with van der Waals surface area (Å²) in [5.41, 5.74) is 1.10. The summed E-state index contributed by atoms with van der Waals surface area (Å²) in [6.07, 6.45) is -0.732. The van der Waals surface area contributed by atoms with Crippen molar-refractivity contribution in [2.75, 3.05) is 37.6 Å². The van der Waals surface area contributed by atoms with Gasteiger partial charge in [-0.05, 0) is 37.0 Å². The highest BCUT2D eigenvalue weighted by molar-refractivity contribution is 5.92. The highest BCUT2D eigenvalue weighted by Gasteiger charge is 2.27. The van der Waals surface area contributed by atoms with Crippen LogP contribution >= 0.6 is 0 Å². The lowest BCUT2D eigenvalue weighted by Crippen LogP contribution is -2.46. The number of aromatic amines is 1. The molecule has 0 bridgehead atoms. The van der Waals surface area contributed by atoms with Crippen LogP contribution in [-0.4, -0.2) is 59.9 Å². The molecule has 0 unspecified atom stereocenters. The first-order valence-electron chi connectivity index (χ1n) is 11.8. The molecule has 3 aromatic rings. The monoisotopic (exact) mass is 503 g/mol. The number of piperazine rings is 1. The number of pyridine rings is 2. The van der Waals surface area contributed by atoms with Crippen LogP contribution in [0, 0.1) is 11.8 Å². The van der Waals surface area contributed by atoms with Gasteiger partial charge in [-0.1, -0.05) is 12.1 Å². The molecule has 1 saturated carbocycles. The molecule has 1 aliphatic heterocycles. The lowest BCUT2D eigenvalue weighted by molar-refractivity contribution is 0.0886. The number of halogens is 4. The summed E-state index contributed by atoms with van der Waals surface area (Å²) in [5, 5.41) is 2.67. The first-order chi connectivity index (χ1) is 17.3. The molecule has 5 rings (SSSR count). The Morgan fingerprint density at radius 3 is 2.53 bits per heavy atom.